The standard InChI is InChI=1S/C48H83NO6/c1-5-7-9-18-25-36(26-19-10-8-6-2)31-34-54-38(50)29-22-16-13-15-21-28-37(55-39(51)30-24-32-49(3)4)27-20-14-11-12-17-23-33-53-40(52)35-48-45-42-41-43(45)47(48)44(41)46(42)48/h36-37,41-47H,5-35H2,1-4H3. The van der Waals surface area contributed by atoms with Crippen LogP contribution in [0.25, 0.3) is 0 Å². The minimum atomic E-state index is -0.0565. The lowest BCUT2D eigenvalue weighted by Crippen LogP contribution is -3.05. The highest BCUT2D eigenvalue weighted by molar-refractivity contribution is 5.73. The van der Waals surface area contributed by atoms with Gasteiger partial charge >= 0.3 is 17.9 Å². The zero-order valence-corrected chi connectivity index (χ0v) is 36.0. The quantitative estimate of drug-likeness (QED) is 0.0353. The van der Waals surface area contributed by atoms with Gasteiger partial charge in [0.2, 0.25) is 0 Å². The van der Waals surface area contributed by atoms with Crippen molar-refractivity contribution in [2.24, 2.45) is 52.8 Å². The Labute approximate surface area is 336 Å². The average Bonchev–Trinajstić information content (AvgIpc) is 3.16. The first-order valence-electron chi connectivity index (χ1n) is 24.0. The molecular formula is C48H83NO6. The molecule has 1 atom stereocenters. The highest BCUT2D eigenvalue weighted by Gasteiger charge is 3.04. The van der Waals surface area contributed by atoms with Crippen LogP contribution in [0.2, 0.25) is 0 Å². The van der Waals surface area contributed by atoms with Crippen LogP contribution in [0.5, 0.6) is 0 Å². The van der Waals surface area contributed by atoms with Crippen LogP contribution < -0.4 is 0 Å². The summed E-state index contributed by atoms with van der Waals surface area (Å²) in [5, 5.41) is 0. The maximum atomic E-state index is 12.6. The molecule has 0 aromatic heterocycles. The van der Waals surface area contributed by atoms with Gasteiger partial charge in [0.1, 0.15) is 6.10 Å². The van der Waals surface area contributed by atoms with Gasteiger partial charge in [0.25, 0.3) is 0 Å². The molecule has 0 heterocycles. The Kier molecular flexibility index (Phi) is 18.7. The molecule has 6 rings (SSSR count). The van der Waals surface area contributed by atoms with Gasteiger partial charge in [-0.25, -0.2) is 0 Å². The second-order valence-corrected chi connectivity index (χ2v) is 19.2. The molecule has 7 heteroatoms. The Hall–Kier alpha value is -1.63. The van der Waals surface area contributed by atoms with Crippen LogP contribution in [0.3, 0.4) is 0 Å². The van der Waals surface area contributed by atoms with Crippen molar-refractivity contribution in [1.29, 1.82) is 0 Å². The van der Waals surface area contributed by atoms with Crippen molar-refractivity contribution in [3.05, 3.63) is 0 Å². The second kappa shape index (κ2) is 23.1. The highest BCUT2D eigenvalue weighted by atomic mass is 16.5. The summed E-state index contributed by atoms with van der Waals surface area (Å²) in [6.45, 7) is 6.60. The Morgan fingerprint density at radius 2 is 1.00 bits per heavy atom. The van der Waals surface area contributed by atoms with Gasteiger partial charge in [-0.05, 0) is 125 Å². The predicted octanol–water partition coefficient (Wildman–Crippen LogP) is 11.5. The van der Waals surface area contributed by atoms with E-state index in [4.69, 9.17) is 14.2 Å². The summed E-state index contributed by atoms with van der Waals surface area (Å²) in [5.41, 5.74) is 0.436. The van der Waals surface area contributed by atoms with E-state index in [0.717, 1.165) is 138 Å². The van der Waals surface area contributed by atoms with Crippen molar-refractivity contribution in [3.8, 4) is 0 Å². The number of nitrogens with zero attached hydrogens (tertiary/aromatic N) is 1. The van der Waals surface area contributed by atoms with Crippen LogP contribution in [0.4, 0.5) is 0 Å². The van der Waals surface area contributed by atoms with E-state index in [2.05, 4.69) is 18.7 Å². The average molecular weight is 770 g/mol. The first-order chi connectivity index (χ1) is 26.8. The van der Waals surface area contributed by atoms with Crippen LogP contribution in [0.1, 0.15) is 194 Å². The molecule has 1 unspecified atom stereocenters. The number of unbranched alkanes of at least 4 members (excludes halogenated alkanes) is 15. The molecule has 0 aromatic rings. The Balaban J connectivity index is 0.848. The molecule has 6 aliphatic carbocycles. The van der Waals surface area contributed by atoms with Crippen molar-refractivity contribution in [2.75, 3.05) is 33.9 Å². The zero-order valence-electron chi connectivity index (χ0n) is 36.0. The van der Waals surface area contributed by atoms with Gasteiger partial charge in [0.05, 0.1) is 19.6 Å². The van der Waals surface area contributed by atoms with Crippen molar-refractivity contribution in [1.82, 2.24) is 4.90 Å². The fourth-order valence-electron chi connectivity index (χ4n) is 12.5. The maximum Gasteiger partial charge on any atom is 0.306 e. The number of ether oxygens (including phenoxy) is 3. The molecule has 6 saturated carbocycles. The van der Waals surface area contributed by atoms with Crippen molar-refractivity contribution in [3.63, 3.8) is 0 Å². The van der Waals surface area contributed by atoms with E-state index in [1.165, 1.54) is 77.0 Å². The monoisotopic (exact) mass is 770 g/mol. The van der Waals surface area contributed by atoms with Gasteiger partial charge in [-0.1, -0.05) is 123 Å². The predicted molar refractivity (Wildman–Crippen MR) is 221 cm³/mol. The summed E-state index contributed by atoms with van der Waals surface area (Å²) in [5.74, 6) is 7.66. The normalized spacial score (nSPS) is 27.7. The number of carbonyl (C=O) groups excluding carboxylic acids is 3. The minimum absolute atomic E-state index is 0.00667. The van der Waals surface area contributed by atoms with E-state index in [-0.39, 0.29) is 24.0 Å². The molecule has 0 amide bonds. The van der Waals surface area contributed by atoms with Crippen molar-refractivity contribution >= 4 is 17.9 Å². The lowest BCUT2D eigenvalue weighted by molar-refractivity contribution is -0.613. The zero-order chi connectivity index (χ0) is 39.0. The van der Waals surface area contributed by atoms with Crippen LogP contribution in [0.15, 0.2) is 0 Å². The Bertz CT molecular complexity index is 1090. The third kappa shape index (κ3) is 11.5. The third-order valence-corrected chi connectivity index (χ3v) is 15.2. The molecule has 0 N–H and O–H groups in total. The summed E-state index contributed by atoms with van der Waals surface area (Å²) in [4.78, 5) is 39.7. The number of rotatable bonds is 37. The summed E-state index contributed by atoms with van der Waals surface area (Å²) >= 11 is 0. The van der Waals surface area contributed by atoms with E-state index < -0.39 is 0 Å². The molecule has 0 radical (unpaired) electrons. The SMILES string of the molecule is CCCCCCC(CCCCCC)CCOC(=O)CCCCCCCC(CCCCCCCCOC(=O)CC12C3C4C5C3C1C5C42)OC(=O)CCCN(C)C. The molecule has 0 aliphatic heterocycles. The first kappa shape index (κ1) is 44.5. The number of esters is 3. The molecular weight excluding hydrogens is 687 g/mol. The first-order valence-corrected chi connectivity index (χ1v) is 24.0. The molecule has 0 spiro atoms. The summed E-state index contributed by atoms with van der Waals surface area (Å²) in [6.07, 6.45) is 30.4. The topological polar surface area (TPSA) is 82.1 Å². The maximum absolute atomic E-state index is 12.6. The van der Waals surface area contributed by atoms with Crippen LogP contribution in [-0.4, -0.2) is 62.8 Å². The molecule has 0 bridgehead atoms. The highest BCUT2D eigenvalue weighted by Crippen LogP contribution is 3.06. The van der Waals surface area contributed by atoms with Gasteiger partial charge < -0.3 is 19.1 Å². The minimum Gasteiger partial charge on any atom is -0.466 e. The molecule has 55 heavy (non-hydrogen) atoms. The van der Waals surface area contributed by atoms with Crippen molar-refractivity contribution < 1.29 is 28.6 Å². The van der Waals surface area contributed by atoms with Gasteiger partial charge in [-0.15, -0.1) is 0 Å². The molecule has 7 nitrogen and oxygen atoms in total. The molecule has 6 fully saturated rings. The van der Waals surface area contributed by atoms with E-state index in [1.54, 1.807) is 0 Å². The molecule has 0 saturated heterocycles. The number of hydrogen-bond acceptors (Lipinski definition) is 7. The summed E-state index contributed by atoms with van der Waals surface area (Å²) in [6, 6.07) is 0. The molecule has 0 aromatic carbocycles. The Morgan fingerprint density at radius 1 is 0.509 bits per heavy atom. The molecule has 6 aliphatic rings. The smallest absolute Gasteiger partial charge is 0.306 e. The summed E-state index contributed by atoms with van der Waals surface area (Å²) in [7, 11) is 4.07. The lowest BCUT2D eigenvalue weighted by atomic mass is 8.96. The number of carbonyl (C=O) groups is 3. The fraction of sp³-hybridized carbons (Fsp3) is 0.938. The van der Waals surface area contributed by atoms with Crippen LogP contribution in [0, 0.1) is 52.8 Å². The van der Waals surface area contributed by atoms with Crippen molar-refractivity contribution in [2.45, 2.75) is 200 Å². The van der Waals surface area contributed by atoms with E-state index in [1.807, 2.05) is 14.1 Å². The van der Waals surface area contributed by atoms with Gasteiger partial charge in [-0.3, -0.25) is 14.4 Å². The van der Waals surface area contributed by atoms with Crippen LogP contribution in [-0.2, 0) is 28.6 Å². The fourth-order valence-corrected chi connectivity index (χ4v) is 12.5. The number of hydrogen-bond donors (Lipinski definition) is 0. The summed E-state index contributed by atoms with van der Waals surface area (Å²) < 4.78 is 17.4. The van der Waals surface area contributed by atoms with Gasteiger partial charge in [-0.2, -0.15) is 0 Å². The lowest BCUT2D eigenvalue weighted by Gasteiger charge is -3.07. The Morgan fingerprint density at radius 3 is 1.58 bits per heavy atom. The third-order valence-electron chi connectivity index (χ3n) is 15.2. The second-order valence-electron chi connectivity index (χ2n) is 19.2. The largest absolute Gasteiger partial charge is 0.466 e. The van der Waals surface area contributed by atoms with Gasteiger partial charge in [0, 0.05) is 12.8 Å². The molecule has 316 valence electrons. The van der Waals surface area contributed by atoms with E-state index in [0.29, 0.717) is 37.4 Å². The van der Waals surface area contributed by atoms with E-state index >= 15 is 0 Å². The van der Waals surface area contributed by atoms with Gasteiger partial charge in [0.15, 0.2) is 0 Å². The van der Waals surface area contributed by atoms with E-state index in [9.17, 15) is 14.4 Å². The van der Waals surface area contributed by atoms with Crippen LogP contribution >= 0.6 is 0 Å².